The van der Waals surface area contributed by atoms with E-state index >= 15 is 0 Å². The number of nitrogens with one attached hydrogen (secondary N) is 3. The maximum Gasteiger partial charge on any atom is 0.408 e. The van der Waals surface area contributed by atoms with Crippen molar-refractivity contribution in [1.82, 2.24) is 15.5 Å². The van der Waals surface area contributed by atoms with Crippen LogP contribution in [0.15, 0.2) is 35.7 Å². The zero-order valence-electron chi connectivity index (χ0n) is 20.7. The molecule has 1 aromatic carbocycles. The Labute approximate surface area is 218 Å². The molecule has 3 amide bonds. The van der Waals surface area contributed by atoms with E-state index < -0.39 is 57.0 Å². The summed E-state index contributed by atoms with van der Waals surface area (Å²) in [6.07, 6.45) is 0.0523. The molecule has 2 heterocycles. The van der Waals surface area contributed by atoms with Gasteiger partial charge in [0.15, 0.2) is 5.70 Å². The predicted molar refractivity (Wildman–Crippen MR) is 134 cm³/mol. The molecule has 3 rings (SSSR count). The average molecular weight is 557 g/mol. The summed E-state index contributed by atoms with van der Waals surface area (Å²) in [5, 5.41) is 13.9. The highest BCUT2D eigenvalue weighted by molar-refractivity contribution is 8.00. The van der Waals surface area contributed by atoms with Crippen LogP contribution in [0.2, 0.25) is 0 Å². The highest BCUT2D eigenvalue weighted by Gasteiger charge is 2.55. The van der Waals surface area contributed by atoms with Gasteiger partial charge in [-0.05, 0) is 38.5 Å². The van der Waals surface area contributed by atoms with E-state index in [2.05, 4.69) is 15.4 Å². The minimum Gasteiger partial charge on any atom is -0.498 e. The molecule has 1 fully saturated rings. The summed E-state index contributed by atoms with van der Waals surface area (Å²) in [4.78, 5) is 51.5. The Hall–Kier alpha value is -3.46. The van der Waals surface area contributed by atoms with Crippen LogP contribution in [-0.2, 0) is 33.9 Å². The van der Waals surface area contributed by atoms with Crippen LogP contribution < -0.4 is 15.4 Å². The normalized spacial score (nSPS) is 20.2. The van der Waals surface area contributed by atoms with Gasteiger partial charge in [0.05, 0.1) is 19.1 Å². The fourth-order valence-corrected chi connectivity index (χ4v) is 5.57. The van der Waals surface area contributed by atoms with E-state index in [0.717, 1.165) is 11.2 Å². The van der Waals surface area contributed by atoms with Gasteiger partial charge < -0.3 is 25.2 Å². The molecule has 0 aliphatic carbocycles. The van der Waals surface area contributed by atoms with Gasteiger partial charge in [0.2, 0.25) is 15.9 Å². The molecule has 1 unspecified atom stereocenters. The van der Waals surface area contributed by atoms with Crippen LogP contribution in [0.3, 0.4) is 0 Å². The number of aliphatic carboxylic acids is 1. The number of nitrogens with zero attached hydrogens (tertiary/aromatic N) is 1. The van der Waals surface area contributed by atoms with Gasteiger partial charge in [-0.3, -0.25) is 19.2 Å². The number of ether oxygens (including phenoxy) is 2. The second-order valence-corrected chi connectivity index (χ2v) is 12.1. The monoisotopic (exact) mass is 556 g/mol. The number of fused-ring (bicyclic) bond motifs is 1. The van der Waals surface area contributed by atoms with Crippen LogP contribution in [0.25, 0.3) is 0 Å². The largest absolute Gasteiger partial charge is 0.498 e. The number of rotatable bonds is 8. The quantitative estimate of drug-likeness (QED) is 0.337. The van der Waals surface area contributed by atoms with Gasteiger partial charge in [-0.2, -0.15) is 0 Å². The first kappa shape index (κ1) is 28.1. The zero-order chi connectivity index (χ0) is 27.7. The molecule has 4 N–H and O–H groups in total. The number of hydrogen-bond donors (Lipinski definition) is 4. The van der Waals surface area contributed by atoms with E-state index in [1.807, 2.05) is 0 Å². The minimum absolute atomic E-state index is 0.131. The number of amides is 3. The van der Waals surface area contributed by atoms with Crippen LogP contribution >= 0.6 is 11.8 Å². The van der Waals surface area contributed by atoms with Crippen molar-refractivity contribution in [3.05, 3.63) is 41.3 Å². The minimum atomic E-state index is -3.62. The summed E-state index contributed by atoms with van der Waals surface area (Å²) < 4.78 is 36.0. The Bertz CT molecular complexity index is 1260. The molecule has 0 aromatic heterocycles. The molecule has 0 radical (unpaired) electrons. The number of hydrogen-bond acceptors (Lipinski definition) is 9. The average Bonchev–Trinajstić information content (AvgIpc) is 2.77. The lowest BCUT2D eigenvalue weighted by atomic mass is 10.0. The third-order valence-corrected chi connectivity index (χ3v) is 6.99. The Morgan fingerprint density at radius 1 is 1.24 bits per heavy atom. The van der Waals surface area contributed by atoms with Crippen LogP contribution in [0.5, 0.6) is 0 Å². The standard InChI is InChI=1S/C22H28N4O9S2/c1-22(2,3)35-21(31)24-14(11-7-6-8-12(9-11)25-37(5,32)33)17(27)23-15-18(28)26-16(20(29)30)13(34-4)10-36-19(15)26/h6-9,14-15,19,25H,10H2,1-5H3,(H,23,27)(H,24,31)(H,29,30)/t14?,15-,19+/m1/s1. The van der Waals surface area contributed by atoms with Crippen LogP contribution in [-0.4, -0.2) is 78.4 Å². The number of methoxy groups -OCH3 is 1. The Morgan fingerprint density at radius 2 is 1.92 bits per heavy atom. The molecular weight excluding hydrogens is 528 g/mol. The SMILES string of the molecule is COC1=C(C(=O)O)N2C(=O)[C@@H](NC(=O)C(NC(=O)OC(C)(C)C)c3cccc(NS(C)(=O)=O)c3)[C@@H]2SC1. The van der Waals surface area contributed by atoms with Gasteiger partial charge >= 0.3 is 12.1 Å². The van der Waals surface area contributed by atoms with E-state index in [0.29, 0.717) is 0 Å². The van der Waals surface area contributed by atoms with Crippen molar-refractivity contribution in [3.63, 3.8) is 0 Å². The van der Waals surface area contributed by atoms with Crippen molar-refractivity contribution in [3.8, 4) is 0 Å². The molecule has 1 aromatic rings. The van der Waals surface area contributed by atoms with Crippen molar-refractivity contribution in [2.45, 2.75) is 43.8 Å². The van der Waals surface area contributed by atoms with Gasteiger partial charge in [-0.15, -0.1) is 11.8 Å². The Kier molecular flexibility index (Phi) is 7.97. The van der Waals surface area contributed by atoms with Crippen molar-refractivity contribution in [2.24, 2.45) is 0 Å². The molecule has 0 saturated carbocycles. The zero-order valence-corrected chi connectivity index (χ0v) is 22.4. The third-order valence-electron chi connectivity index (χ3n) is 5.13. The topological polar surface area (TPSA) is 180 Å². The lowest BCUT2D eigenvalue weighted by Gasteiger charge is -2.49. The van der Waals surface area contributed by atoms with Gasteiger partial charge in [-0.25, -0.2) is 18.0 Å². The van der Waals surface area contributed by atoms with Gasteiger partial charge in [0.25, 0.3) is 5.91 Å². The van der Waals surface area contributed by atoms with Gasteiger partial charge in [0, 0.05) is 5.69 Å². The summed E-state index contributed by atoms with van der Waals surface area (Å²) in [5.41, 5.74) is -0.789. The number of carbonyl (C=O) groups excluding carboxylic acids is 3. The number of anilines is 1. The lowest BCUT2D eigenvalue weighted by Crippen LogP contribution is -2.71. The molecule has 3 atom stereocenters. The molecule has 2 aliphatic heterocycles. The summed E-state index contributed by atoms with van der Waals surface area (Å²) in [6.45, 7) is 4.92. The molecule has 0 bridgehead atoms. The number of thioether (sulfide) groups is 1. The smallest absolute Gasteiger partial charge is 0.408 e. The molecule has 0 spiro atoms. The molecule has 13 nitrogen and oxygen atoms in total. The summed E-state index contributed by atoms with van der Waals surface area (Å²) in [7, 11) is -2.31. The molecular formula is C22H28N4O9S2. The number of alkyl carbamates (subject to hydrolysis) is 1. The van der Waals surface area contributed by atoms with Gasteiger partial charge in [-0.1, -0.05) is 12.1 Å². The summed E-state index contributed by atoms with van der Waals surface area (Å²) >= 11 is 1.21. The summed E-state index contributed by atoms with van der Waals surface area (Å²) in [5.74, 6) is -2.45. The van der Waals surface area contributed by atoms with Crippen molar-refractivity contribution >= 4 is 51.3 Å². The van der Waals surface area contributed by atoms with Crippen molar-refractivity contribution < 1.29 is 42.2 Å². The molecule has 1 saturated heterocycles. The highest BCUT2D eigenvalue weighted by atomic mass is 32.2. The van der Waals surface area contributed by atoms with Crippen LogP contribution in [0.4, 0.5) is 10.5 Å². The van der Waals surface area contributed by atoms with E-state index in [1.165, 1.54) is 43.1 Å². The first-order valence-electron chi connectivity index (χ1n) is 10.9. The molecule has 202 valence electrons. The molecule has 37 heavy (non-hydrogen) atoms. The van der Waals surface area contributed by atoms with Crippen molar-refractivity contribution in [2.75, 3.05) is 23.8 Å². The first-order valence-corrected chi connectivity index (χ1v) is 13.9. The third kappa shape index (κ3) is 6.65. The van der Waals surface area contributed by atoms with E-state index in [9.17, 15) is 32.7 Å². The number of carboxylic acids is 1. The Morgan fingerprint density at radius 3 is 2.49 bits per heavy atom. The first-order chi connectivity index (χ1) is 17.1. The summed E-state index contributed by atoms with van der Waals surface area (Å²) in [6, 6.07) is 3.38. The number of benzene rings is 1. The lowest BCUT2D eigenvalue weighted by molar-refractivity contribution is -0.151. The van der Waals surface area contributed by atoms with Gasteiger partial charge in [0.1, 0.15) is 28.8 Å². The second kappa shape index (κ2) is 10.5. The maximum absolute atomic E-state index is 13.3. The second-order valence-electron chi connectivity index (χ2n) is 9.26. The van der Waals surface area contributed by atoms with E-state index in [-0.39, 0.29) is 28.5 Å². The number of β-lactam (4-membered cyclic amide) rings is 1. The Balaban J connectivity index is 1.86. The molecule has 15 heteroatoms. The van der Waals surface area contributed by atoms with Crippen LogP contribution in [0.1, 0.15) is 32.4 Å². The van der Waals surface area contributed by atoms with E-state index in [4.69, 9.17) is 9.47 Å². The van der Waals surface area contributed by atoms with E-state index in [1.54, 1.807) is 20.8 Å². The van der Waals surface area contributed by atoms with Crippen LogP contribution in [0, 0.1) is 0 Å². The fourth-order valence-electron chi connectivity index (χ4n) is 3.71. The number of sulfonamides is 1. The number of carbonyl (C=O) groups is 4. The maximum atomic E-state index is 13.3. The molecule has 2 aliphatic rings. The van der Waals surface area contributed by atoms with Crippen molar-refractivity contribution in [1.29, 1.82) is 0 Å². The fraction of sp³-hybridized carbons (Fsp3) is 0.455. The predicted octanol–water partition coefficient (Wildman–Crippen LogP) is 0.966. The highest BCUT2D eigenvalue weighted by Crippen LogP contribution is 2.40. The number of carboxylic acid groups (broad SMARTS) is 1.